The number of thioether (sulfide) groups is 1. The van der Waals surface area contributed by atoms with Crippen LogP contribution < -0.4 is 9.64 Å². The fourth-order valence-electron chi connectivity index (χ4n) is 3.63. The van der Waals surface area contributed by atoms with Gasteiger partial charge in [0.2, 0.25) is 5.91 Å². The first-order chi connectivity index (χ1) is 14.1. The van der Waals surface area contributed by atoms with Gasteiger partial charge in [-0.15, -0.1) is 0 Å². The van der Waals surface area contributed by atoms with E-state index in [0.717, 1.165) is 17.0 Å². The number of fused-ring (bicyclic) bond motifs is 1. The van der Waals surface area contributed by atoms with Crippen molar-refractivity contribution in [3.63, 3.8) is 0 Å². The molecule has 1 unspecified atom stereocenters. The number of benzene rings is 2. The second kappa shape index (κ2) is 8.18. The molecule has 148 valence electrons. The van der Waals surface area contributed by atoms with Gasteiger partial charge < -0.3 is 9.64 Å². The Kier molecular flexibility index (Phi) is 5.45. The van der Waals surface area contributed by atoms with Crippen molar-refractivity contribution in [3.05, 3.63) is 70.5 Å². The predicted octanol–water partition coefficient (Wildman–Crippen LogP) is 4.44. The molecule has 2 aromatic rings. The largest absolute Gasteiger partial charge is 0.494 e. The molecule has 1 atom stereocenters. The van der Waals surface area contributed by atoms with E-state index in [-0.39, 0.29) is 24.1 Å². The van der Waals surface area contributed by atoms with Crippen molar-refractivity contribution in [2.24, 2.45) is 0 Å². The van der Waals surface area contributed by atoms with E-state index in [0.29, 0.717) is 29.8 Å². The average molecular weight is 409 g/mol. The van der Waals surface area contributed by atoms with Gasteiger partial charge >= 0.3 is 0 Å². The Morgan fingerprint density at radius 3 is 2.59 bits per heavy atom. The van der Waals surface area contributed by atoms with Crippen LogP contribution in [0.4, 0.5) is 10.1 Å². The molecule has 0 aliphatic carbocycles. The summed E-state index contributed by atoms with van der Waals surface area (Å²) in [6.45, 7) is 2.95. The fourth-order valence-corrected chi connectivity index (χ4v) is 4.79. The Morgan fingerprint density at radius 1 is 1.21 bits per heavy atom. The third-order valence-electron chi connectivity index (χ3n) is 5.08. The molecule has 2 aliphatic rings. The van der Waals surface area contributed by atoms with Crippen LogP contribution in [0.2, 0.25) is 0 Å². The molecule has 2 aliphatic heterocycles. The molecule has 4 rings (SSSR count). The van der Waals surface area contributed by atoms with Crippen molar-refractivity contribution in [1.29, 1.82) is 5.26 Å². The topological polar surface area (TPSA) is 56.6 Å². The molecule has 2 heterocycles. The normalized spacial score (nSPS) is 19.1. The maximum Gasteiger partial charge on any atom is 0.229 e. The van der Waals surface area contributed by atoms with Gasteiger partial charge in [-0.1, -0.05) is 23.9 Å². The lowest BCUT2D eigenvalue weighted by Gasteiger charge is -2.42. The molecular formula is C22H20FN3O2S. The van der Waals surface area contributed by atoms with Crippen LogP contribution in [0.25, 0.3) is 0 Å². The second-order valence-corrected chi connectivity index (χ2v) is 7.78. The van der Waals surface area contributed by atoms with Crippen LogP contribution in [0.1, 0.15) is 24.8 Å². The maximum absolute atomic E-state index is 13.3. The van der Waals surface area contributed by atoms with Gasteiger partial charge in [-0.25, -0.2) is 4.39 Å². The van der Waals surface area contributed by atoms with Crippen LogP contribution in [0.5, 0.6) is 5.75 Å². The Hall–Kier alpha value is -2.98. The number of carbonyl (C=O) groups is 1. The quantitative estimate of drug-likeness (QED) is 0.747. The molecule has 7 heteroatoms. The van der Waals surface area contributed by atoms with Gasteiger partial charge in [-0.3, -0.25) is 9.69 Å². The standard InChI is InChI=1S/C22H20FN3O2S/c1-2-28-18-9-7-17(8-10-18)25-13-26-21(27)11-19(15-3-5-16(23)6-4-15)20(12-24)22(26)29-14-25/h3-10,19H,2,11,13-14H2,1H3. The van der Waals surface area contributed by atoms with E-state index in [1.54, 1.807) is 17.0 Å². The Morgan fingerprint density at radius 2 is 1.93 bits per heavy atom. The van der Waals surface area contributed by atoms with E-state index in [9.17, 15) is 14.4 Å². The molecule has 0 spiro atoms. The number of rotatable bonds is 4. The van der Waals surface area contributed by atoms with Crippen molar-refractivity contribution in [1.82, 2.24) is 4.90 Å². The zero-order chi connectivity index (χ0) is 20.4. The monoisotopic (exact) mass is 409 g/mol. The number of hydrogen-bond donors (Lipinski definition) is 0. The van der Waals surface area contributed by atoms with Gasteiger partial charge in [0.05, 0.1) is 35.8 Å². The van der Waals surface area contributed by atoms with Crippen molar-refractivity contribution >= 4 is 23.4 Å². The molecule has 0 radical (unpaired) electrons. The summed E-state index contributed by atoms with van der Waals surface area (Å²) in [5, 5.41) is 10.5. The summed E-state index contributed by atoms with van der Waals surface area (Å²) < 4.78 is 18.8. The van der Waals surface area contributed by atoms with Gasteiger partial charge in [0.15, 0.2) is 0 Å². The van der Waals surface area contributed by atoms with E-state index < -0.39 is 0 Å². The molecule has 0 saturated carbocycles. The van der Waals surface area contributed by atoms with Crippen molar-refractivity contribution < 1.29 is 13.9 Å². The number of anilines is 1. The molecule has 1 fully saturated rings. The van der Waals surface area contributed by atoms with Crippen LogP contribution in [-0.4, -0.2) is 30.0 Å². The van der Waals surface area contributed by atoms with Gasteiger partial charge in [-0.05, 0) is 48.9 Å². The average Bonchev–Trinajstić information content (AvgIpc) is 2.75. The van der Waals surface area contributed by atoms with Crippen molar-refractivity contribution in [2.45, 2.75) is 19.3 Å². The van der Waals surface area contributed by atoms with E-state index in [2.05, 4.69) is 11.0 Å². The lowest BCUT2D eigenvalue weighted by Crippen LogP contribution is -2.47. The third-order valence-corrected chi connectivity index (χ3v) is 6.23. The van der Waals surface area contributed by atoms with Crippen LogP contribution >= 0.6 is 11.8 Å². The highest BCUT2D eigenvalue weighted by Crippen LogP contribution is 2.43. The van der Waals surface area contributed by atoms with Crippen LogP contribution in [0.3, 0.4) is 0 Å². The summed E-state index contributed by atoms with van der Waals surface area (Å²) in [5.41, 5.74) is 2.36. The molecular weight excluding hydrogens is 389 g/mol. The molecule has 2 aromatic carbocycles. The number of amides is 1. The molecule has 29 heavy (non-hydrogen) atoms. The fraction of sp³-hybridized carbons (Fsp3) is 0.273. The van der Waals surface area contributed by atoms with Crippen LogP contribution in [0.15, 0.2) is 59.1 Å². The Bertz CT molecular complexity index is 983. The maximum atomic E-state index is 13.3. The first-order valence-corrected chi connectivity index (χ1v) is 10.4. The molecule has 1 saturated heterocycles. The minimum absolute atomic E-state index is 0.0311. The van der Waals surface area contributed by atoms with Crippen molar-refractivity contribution in [3.8, 4) is 11.8 Å². The zero-order valence-corrected chi connectivity index (χ0v) is 16.8. The van der Waals surface area contributed by atoms with Gasteiger partial charge in [0.1, 0.15) is 11.6 Å². The molecule has 0 aromatic heterocycles. The lowest BCUT2D eigenvalue weighted by molar-refractivity contribution is -0.129. The van der Waals surface area contributed by atoms with Crippen LogP contribution in [-0.2, 0) is 4.79 Å². The molecule has 0 N–H and O–H groups in total. The molecule has 1 amide bonds. The second-order valence-electron chi connectivity index (χ2n) is 6.84. The number of nitriles is 1. The molecule has 0 bridgehead atoms. The predicted molar refractivity (Wildman–Crippen MR) is 111 cm³/mol. The zero-order valence-electron chi connectivity index (χ0n) is 16.0. The highest BCUT2D eigenvalue weighted by Gasteiger charge is 2.38. The summed E-state index contributed by atoms with van der Waals surface area (Å²) in [7, 11) is 0. The van der Waals surface area contributed by atoms with E-state index in [4.69, 9.17) is 4.74 Å². The lowest BCUT2D eigenvalue weighted by atomic mass is 9.86. The number of allylic oxidation sites excluding steroid dienone is 1. The number of carbonyl (C=O) groups excluding carboxylic acids is 1. The molecule has 5 nitrogen and oxygen atoms in total. The first kappa shape index (κ1) is 19.3. The van der Waals surface area contributed by atoms with Gasteiger partial charge in [0, 0.05) is 18.0 Å². The minimum atomic E-state index is -0.332. The summed E-state index contributed by atoms with van der Waals surface area (Å²) in [6.07, 6.45) is 0.204. The first-order valence-electron chi connectivity index (χ1n) is 9.41. The summed E-state index contributed by atoms with van der Waals surface area (Å²) in [4.78, 5) is 16.7. The summed E-state index contributed by atoms with van der Waals surface area (Å²) >= 11 is 1.49. The SMILES string of the molecule is CCOc1ccc(N2CSC3=C(C#N)C(c4ccc(F)cc4)CC(=O)N3C2)cc1. The van der Waals surface area contributed by atoms with Crippen molar-refractivity contribution in [2.75, 3.05) is 24.1 Å². The van der Waals surface area contributed by atoms with E-state index in [1.165, 1.54) is 23.9 Å². The minimum Gasteiger partial charge on any atom is -0.494 e. The Balaban J connectivity index is 1.59. The highest BCUT2D eigenvalue weighted by molar-refractivity contribution is 8.03. The summed E-state index contributed by atoms with van der Waals surface area (Å²) in [6, 6.07) is 16.1. The smallest absolute Gasteiger partial charge is 0.229 e. The Labute approximate surface area is 173 Å². The van der Waals surface area contributed by atoms with E-state index in [1.807, 2.05) is 31.2 Å². The van der Waals surface area contributed by atoms with E-state index >= 15 is 0 Å². The third kappa shape index (κ3) is 3.81. The summed E-state index contributed by atoms with van der Waals surface area (Å²) in [5.74, 6) is 0.750. The number of halogens is 1. The highest BCUT2D eigenvalue weighted by atomic mass is 32.2. The van der Waals surface area contributed by atoms with Crippen LogP contribution in [0, 0.1) is 17.1 Å². The van der Waals surface area contributed by atoms with Gasteiger partial charge in [0.25, 0.3) is 0 Å². The number of nitrogens with zero attached hydrogens (tertiary/aromatic N) is 3. The van der Waals surface area contributed by atoms with Gasteiger partial charge in [-0.2, -0.15) is 5.26 Å². The number of ether oxygens (including phenoxy) is 1. The number of hydrogen-bond acceptors (Lipinski definition) is 5.